The van der Waals surface area contributed by atoms with Gasteiger partial charge in [0.15, 0.2) is 6.10 Å². The first-order chi connectivity index (χ1) is 13.9. The Balaban J connectivity index is 1.56. The van der Waals surface area contributed by atoms with Crippen LogP contribution in [-0.2, 0) is 11.3 Å². The molecule has 0 aromatic heterocycles. The summed E-state index contributed by atoms with van der Waals surface area (Å²) in [4.78, 5) is 17.4. The van der Waals surface area contributed by atoms with E-state index in [-0.39, 0.29) is 5.91 Å². The summed E-state index contributed by atoms with van der Waals surface area (Å²) in [7, 11) is 2.16. The monoisotopic (exact) mass is 395 g/mol. The highest BCUT2D eigenvalue weighted by Gasteiger charge is 2.17. The SMILES string of the molecule is CC(Oc1cccc(C(C)C)c1)C(=O)Nc1cccc(CN2CCN(C)CC2)c1. The largest absolute Gasteiger partial charge is 0.481 e. The molecule has 2 aromatic rings. The Morgan fingerprint density at radius 2 is 1.76 bits per heavy atom. The molecule has 156 valence electrons. The number of nitrogens with one attached hydrogen (secondary N) is 1. The van der Waals surface area contributed by atoms with E-state index in [4.69, 9.17) is 4.74 Å². The summed E-state index contributed by atoms with van der Waals surface area (Å²) in [5.41, 5.74) is 3.23. The molecular weight excluding hydrogens is 362 g/mol. The van der Waals surface area contributed by atoms with Crippen molar-refractivity contribution in [1.82, 2.24) is 9.80 Å². The van der Waals surface area contributed by atoms with Gasteiger partial charge in [0.1, 0.15) is 5.75 Å². The maximum Gasteiger partial charge on any atom is 0.265 e. The molecule has 1 aliphatic heterocycles. The molecule has 1 saturated heterocycles. The fourth-order valence-corrected chi connectivity index (χ4v) is 3.46. The zero-order valence-corrected chi connectivity index (χ0v) is 18.0. The van der Waals surface area contributed by atoms with Crippen molar-refractivity contribution in [1.29, 1.82) is 0 Å². The average molecular weight is 396 g/mol. The van der Waals surface area contributed by atoms with Crippen LogP contribution in [0.1, 0.15) is 37.8 Å². The summed E-state index contributed by atoms with van der Waals surface area (Å²) in [5, 5.41) is 2.99. The number of piperazine rings is 1. The zero-order valence-electron chi connectivity index (χ0n) is 18.0. The standard InChI is InChI=1S/C24H33N3O2/c1-18(2)21-8-6-10-23(16-21)29-19(3)24(28)25-22-9-5-7-20(15-22)17-27-13-11-26(4)12-14-27/h5-10,15-16,18-19H,11-14,17H2,1-4H3,(H,25,28). The smallest absolute Gasteiger partial charge is 0.265 e. The van der Waals surface area contributed by atoms with Crippen molar-refractivity contribution in [2.24, 2.45) is 0 Å². The molecule has 0 bridgehead atoms. The van der Waals surface area contributed by atoms with Crippen LogP contribution in [0, 0.1) is 0 Å². The van der Waals surface area contributed by atoms with Crippen LogP contribution in [0.4, 0.5) is 5.69 Å². The van der Waals surface area contributed by atoms with Gasteiger partial charge < -0.3 is 15.0 Å². The molecule has 2 aromatic carbocycles. The molecule has 29 heavy (non-hydrogen) atoms. The van der Waals surface area contributed by atoms with Crippen LogP contribution in [0.3, 0.4) is 0 Å². The number of ether oxygens (including phenoxy) is 1. The van der Waals surface area contributed by atoms with Crippen LogP contribution in [-0.4, -0.2) is 55.0 Å². The van der Waals surface area contributed by atoms with E-state index in [1.807, 2.05) is 30.3 Å². The minimum atomic E-state index is -0.571. The van der Waals surface area contributed by atoms with E-state index in [9.17, 15) is 4.79 Å². The van der Waals surface area contributed by atoms with Gasteiger partial charge in [-0.1, -0.05) is 38.1 Å². The van der Waals surface area contributed by atoms with Gasteiger partial charge >= 0.3 is 0 Å². The first-order valence-electron chi connectivity index (χ1n) is 10.5. The number of anilines is 1. The maximum absolute atomic E-state index is 12.6. The van der Waals surface area contributed by atoms with Gasteiger partial charge in [0.25, 0.3) is 5.91 Å². The highest BCUT2D eigenvalue weighted by Crippen LogP contribution is 2.21. The van der Waals surface area contributed by atoms with Crippen LogP contribution in [0.2, 0.25) is 0 Å². The highest BCUT2D eigenvalue weighted by molar-refractivity contribution is 5.94. The predicted molar refractivity (Wildman–Crippen MR) is 118 cm³/mol. The van der Waals surface area contributed by atoms with Gasteiger partial charge in [-0.2, -0.15) is 0 Å². The first kappa shape index (κ1) is 21.3. The molecule has 1 N–H and O–H groups in total. The predicted octanol–water partition coefficient (Wildman–Crippen LogP) is 3.96. The molecular formula is C24H33N3O2. The summed E-state index contributed by atoms with van der Waals surface area (Å²) in [6.45, 7) is 11.3. The third-order valence-corrected chi connectivity index (χ3v) is 5.40. The van der Waals surface area contributed by atoms with Gasteiger partial charge in [0, 0.05) is 38.4 Å². The van der Waals surface area contributed by atoms with Crippen LogP contribution >= 0.6 is 0 Å². The summed E-state index contributed by atoms with van der Waals surface area (Å²) in [5.74, 6) is 1.00. The highest BCUT2D eigenvalue weighted by atomic mass is 16.5. The van der Waals surface area contributed by atoms with Gasteiger partial charge in [-0.25, -0.2) is 0 Å². The quantitative estimate of drug-likeness (QED) is 0.771. The Hall–Kier alpha value is -2.37. The van der Waals surface area contributed by atoms with Gasteiger partial charge in [0.05, 0.1) is 0 Å². The molecule has 1 amide bonds. The number of hydrogen-bond acceptors (Lipinski definition) is 4. The lowest BCUT2D eigenvalue weighted by Crippen LogP contribution is -2.43. The number of carbonyl (C=O) groups is 1. The lowest BCUT2D eigenvalue weighted by atomic mass is 10.0. The van der Waals surface area contributed by atoms with Crippen molar-refractivity contribution in [2.45, 2.75) is 39.3 Å². The fraction of sp³-hybridized carbons (Fsp3) is 0.458. The summed E-state index contributed by atoms with van der Waals surface area (Å²) in [6, 6.07) is 16.0. The Morgan fingerprint density at radius 1 is 1.03 bits per heavy atom. The number of likely N-dealkylation sites (N-methyl/N-ethyl adjacent to an activating group) is 1. The van der Waals surface area contributed by atoms with Gasteiger partial charge in [-0.15, -0.1) is 0 Å². The van der Waals surface area contributed by atoms with E-state index >= 15 is 0 Å². The molecule has 1 fully saturated rings. The zero-order chi connectivity index (χ0) is 20.8. The number of carbonyl (C=O) groups excluding carboxylic acids is 1. The van der Waals surface area contributed by atoms with E-state index in [0.717, 1.165) is 44.2 Å². The van der Waals surface area contributed by atoms with E-state index in [0.29, 0.717) is 5.92 Å². The minimum absolute atomic E-state index is 0.142. The fourth-order valence-electron chi connectivity index (χ4n) is 3.46. The molecule has 1 aliphatic rings. The van der Waals surface area contributed by atoms with Gasteiger partial charge in [-0.3, -0.25) is 9.69 Å². The van der Waals surface area contributed by atoms with Crippen LogP contribution in [0.15, 0.2) is 48.5 Å². The van der Waals surface area contributed by atoms with Crippen LogP contribution < -0.4 is 10.1 Å². The molecule has 1 heterocycles. The Kier molecular flexibility index (Phi) is 7.29. The number of hydrogen-bond donors (Lipinski definition) is 1. The van der Waals surface area contributed by atoms with Crippen molar-refractivity contribution in [2.75, 3.05) is 38.5 Å². The van der Waals surface area contributed by atoms with Crippen molar-refractivity contribution >= 4 is 11.6 Å². The lowest BCUT2D eigenvalue weighted by molar-refractivity contribution is -0.122. The first-order valence-corrected chi connectivity index (χ1v) is 10.5. The number of benzene rings is 2. The third kappa shape index (κ3) is 6.31. The Labute approximate surface area is 174 Å². The van der Waals surface area contributed by atoms with Crippen LogP contribution in [0.25, 0.3) is 0 Å². The average Bonchev–Trinajstić information content (AvgIpc) is 2.70. The lowest BCUT2D eigenvalue weighted by Gasteiger charge is -2.32. The summed E-state index contributed by atoms with van der Waals surface area (Å²) in [6.07, 6.45) is -0.571. The topological polar surface area (TPSA) is 44.8 Å². The Bertz CT molecular complexity index is 813. The van der Waals surface area contributed by atoms with Crippen molar-refractivity contribution in [3.8, 4) is 5.75 Å². The molecule has 0 saturated carbocycles. The molecule has 3 rings (SSSR count). The molecule has 0 radical (unpaired) electrons. The number of nitrogens with zero attached hydrogens (tertiary/aromatic N) is 2. The molecule has 5 nitrogen and oxygen atoms in total. The molecule has 0 spiro atoms. The maximum atomic E-state index is 12.6. The van der Waals surface area contributed by atoms with E-state index in [2.05, 4.69) is 54.2 Å². The van der Waals surface area contributed by atoms with Gasteiger partial charge in [-0.05, 0) is 55.3 Å². The van der Waals surface area contributed by atoms with Crippen molar-refractivity contribution < 1.29 is 9.53 Å². The third-order valence-electron chi connectivity index (χ3n) is 5.40. The molecule has 1 unspecified atom stereocenters. The van der Waals surface area contributed by atoms with E-state index in [1.54, 1.807) is 6.92 Å². The number of amides is 1. The molecule has 5 heteroatoms. The second kappa shape index (κ2) is 9.90. The Morgan fingerprint density at radius 3 is 2.48 bits per heavy atom. The minimum Gasteiger partial charge on any atom is -0.481 e. The van der Waals surface area contributed by atoms with Crippen molar-refractivity contribution in [3.63, 3.8) is 0 Å². The van der Waals surface area contributed by atoms with Crippen molar-refractivity contribution in [3.05, 3.63) is 59.7 Å². The van der Waals surface area contributed by atoms with Crippen LogP contribution in [0.5, 0.6) is 5.75 Å². The second-order valence-corrected chi connectivity index (χ2v) is 8.26. The second-order valence-electron chi connectivity index (χ2n) is 8.26. The molecule has 0 aliphatic carbocycles. The summed E-state index contributed by atoms with van der Waals surface area (Å²) >= 11 is 0. The van der Waals surface area contributed by atoms with Gasteiger partial charge in [0.2, 0.25) is 0 Å². The molecule has 1 atom stereocenters. The number of rotatable bonds is 7. The van der Waals surface area contributed by atoms with E-state index < -0.39 is 6.10 Å². The summed E-state index contributed by atoms with van der Waals surface area (Å²) < 4.78 is 5.88. The van der Waals surface area contributed by atoms with E-state index in [1.165, 1.54) is 11.1 Å². The normalized spacial score (nSPS) is 16.6.